The van der Waals surface area contributed by atoms with Crippen molar-refractivity contribution in [2.45, 2.75) is 43.0 Å². The Morgan fingerprint density at radius 3 is 2.50 bits per heavy atom. The molecule has 2 aromatic carbocycles. The molecule has 11 heteroatoms. The van der Waals surface area contributed by atoms with E-state index < -0.39 is 16.1 Å². The monoisotopic (exact) mass is 514 g/mol. The van der Waals surface area contributed by atoms with Crippen LogP contribution in [0.5, 0.6) is 0 Å². The van der Waals surface area contributed by atoms with Crippen molar-refractivity contribution in [3.63, 3.8) is 0 Å². The Hall–Kier alpha value is -3.28. The molecule has 0 saturated carbocycles. The van der Waals surface area contributed by atoms with E-state index in [0.29, 0.717) is 36.4 Å². The summed E-state index contributed by atoms with van der Waals surface area (Å²) in [5.74, 6) is -0.636. The number of sulfonamides is 1. The van der Waals surface area contributed by atoms with Crippen LogP contribution in [0.2, 0.25) is 0 Å². The van der Waals surface area contributed by atoms with Crippen molar-refractivity contribution >= 4 is 33.4 Å². The van der Waals surface area contributed by atoms with E-state index in [0.717, 1.165) is 19.3 Å². The lowest BCUT2D eigenvalue weighted by Gasteiger charge is -2.31. The van der Waals surface area contributed by atoms with Crippen LogP contribution >= 0.6 is 0 Å². The summed E-state index contributed by atoms with van der Waals surface area (Å²) >= 11 is 0. The van der Waals surface area contributed by atoms with E-state index in [1.165, 1.54) is 12.1 Å². The summed E-state index contributed by atoms with van der Waals surface area (Å²) in [5.41, 5.74) is 7.15. The number of piperidine rings is 1. The quantitative estimate of drug-likeness (QED) is 0.225. The second-order valence-corrected chi connectivity index (χ2v) is 10.5. The number of benzene rings is 2. The zero-order chi connectivity index (χ0) is 26.1. The van der Waals surface area contributed by atoms with Crippen molar-refractivity contribution in [2.75, 3.05) is 32.0 Å². The molecule has 2 aromatic rings. The highest BCUT2D eigenvalue weighted by atomic mass is 32.2. The van der Waals surface area contributed by atoms with Crippen LogP contribution in [-0.4, -0.2) is 63.7 Å². The van der Waals surface area contributed by atoms with Crippen LogP contribution < -0.4 is 21.1 Å². The zero-order valence-electron chi connectivity index (χ0n) is 20.4. The van der Waals surface area contributed by atoms with Crippen molar-refractivity contribution in [1.29, 1.82) is 5.41 Å². The van der Waals surface area contributed by atoms with E-state index in [-0.39, 0.29) is 35.4 Å². The van der Waals surface area contributed by atoms with E-state index in [9.17, 15) is 18.0 Å². The van der Waals surface area contributed by atoms with Gasteiger partial charge in [0.2, 0.25) is 21.8 Å². The van der Waals surface area contributed by atoms with Crippen LogP contribution in [0.4, 0.5) is 5.69 Å². The van der Waals surface area contributed by atoms with Crippen molar-refractivity contribution in [3.05, 3.63) is 59.7 Å². The molecule has 1 atom stereocenters. The lowest BCUT2D eigenvalue weighted by Crippen LogP contribution is -2.51. The highest BCUT2D eigenvalue weighted by Gasteiger charge is 2.30. The molecule has 0 bridgehead atoms. The fraction of sp³-hybridized carbons (Fsp3) is 0.400. The largest absolute Gasteiger partial charge is 0.384 e. The first-order chi connectivity index (χ1) is 17.2. The highest BCUT2D eigenvalue weighted by molar-refractivity contribution is 7.89. The van der Waals surface area contributed by atoms with Gasteiger partial charge in [0.1, 0.15) is 11.9 Å². The number of rotatable bonds is 11. The first kappa shape index (κ1) is 27.3. The lowest BCUT2D eigenvalue weighted by atomic mass is 10.0. The maximum absolute atomic E-state index is 13.4. The molecular weight excluding hydrogens is 480 g/mol. The normalized spacial score (nSPS) is 14.8. The van der Waals surface area contributed by atoms with Crippen LogP contribution in [0, 0.1) is 5.41 Å². The number of hydrogen-bond donors (Lipinski definition) is 5. The third kappa shape index (κ3) is 7.61. The van der Waals surface area contributed by atoms with Crippen molar-refractivity contribution in [3.8, 4) is 0 Å². The number of nitrogens with one attached hydrogen (secondary N) is 4. The van der Waals surface area contributed by atoms with Gasteiger partial charge in [0, 0.05) is 37.3 Å². The minimum absolute atomic E-state index is 0.0529. The number of likely N-dealkylation sites (tertiary alicyclic amines) is 1. The van der Waals surface area contributed by atoms with Crippen LogP contribution in [0.25, 0.3) is 0 Å². The van der Waals surface area contributed by atoms with E-state index in [1.807, 2.05) is 0 Å². The second kappa shape index (κ2) is 12.6. The molecule has 1 fully saturated rings. The molecule has 1 aliphatic rings. The van der Waals surface area contributed by atoms with Crippen LogP contribution in [0.3, 0.4) is 0 Å². The predicted molar refractivity (Wildman–Crippen MR) is 139 cm³/mol. The molecule has 1 saturated heterocycles. The Labute approximate surface area is 212 Å². The molecule has 194 valence electrons. The topological polar surface area (TPSA) is 157 Å². The number of amides is 2. The van der Waals surface area contributed by atoms with Crippen molar-refractivity contribution in [2.24, 2.45) is 5.73 Å². The van der Waals surface area contributed by atoms with Gasteiger partial charge in [-0.1, -0.05) is 24.3 Å². The van der Waals surface area contributed by atoms with Crippen LogP contribution in [0.1, 0.15) is 36.8 Å². The van der Waals surface area contributed by atoms with Gasteiger partial charge in [0.15, 0.2) is 0 Å². The fourth-order valence-corrected chi connectivity index (χ4v) is 5.31. The summed E-state index contributed by atoms with van der Waals surface area (Å²) in [4.78, 5) is 27.1. The second-order valence-electron chi connectivity index (χ2n) is 8.81. The summed E-state index contributed by atoms with van der Waals surface area (Å²) in [5, 5.41) is 13.3. The summed E-state index contributed by atoms with van der Waals surface area (Å²) in [6, 6.07) is 11.8. The SMILES string of the molecule is CNCCC(=O)Nc1cccc(S(=O)(=O)N[C@@H](Cc2cccc(C(=N)N)c2)C(=O)N2CCCCC2)c1. The van der Waals surface area contributed by atoms with Gasteiger partial charge in [-0.25, -0.2) is 8.42 Å². The number of carbonyl (C=O) groups excluding carboxylic acids is 2. The molecule has 0 aromatic heterocycles. The molecule has 10 nitrogen and oxygen atoms in total. The lowest BCUT2D eigenvalue weighted by molar-refractivity contribution is -0.133. The summed E-state index contributed by atoms with van der Waals surface area (Å²) in [6.07, 6.45) is 3.14. The Kier molecular flexibility index (Phi) is 9.57. The van der Waals surface area contributed by atoms with Gasteiger partial charge in [0.05, 0.1) is 4.90 Å². The number of carbonyl (C=O) groups is 2. The molecule has 36 heavy (non-hydrogen) atoms. The molecular formula is C25H34N6O4S. The first-order valence-corrected chi connectivity index (χ1v) is 13.5. The Bertz CT molecular complexity index is 1190. The summed E-state index contributed by atoms with van der Waals surface area (Å²) < 4.78 is 29.3. The first-order valence-electron chi connectivity index (χ1n) is 12.0. The van der Waals surface area contributed by atoms with Crippen LogP contribution in [0.15, 0.2) is 53.4 Å². The van der Waals surface area contributed by atoms with Gasteiger partial charge < -0.3 is 21.3 Å². The molecule has 1 aliphatic heterocycles. The zero-order valence-corrected chi connectivity index (χ0v) is 21.2. The fourth-order valence-electron chi connectivity index (χ4n) is 4.07. The van der Waals surface area contributed by atoms with Crippen molar-refractivity contribution in [1.82, 2.24) is 14.9 Å². The molecule has 3 rings (SSSR count). The standard InChI is InChI=1S/C25H34N6O4S/c1-28-12-11-23(32)29-20-9-6-10-21(17-20)36(34,35)30-22(25(33)31-13-3-2-4-14-31)16-18-7-5-8-19(15-18)24(26)27/h5-10,15,17,22,28,30H,2-4,11-14,16H2,1H3,(H3,26,27)(H,29,32)/t22-/m0/s1. The predicted octanol–water partition coefficient (Wildman–Crippen LogP) is 1.42. The smallest absolute Gasteiger partial charge is 0.241 e. The number of anilines is 1. The van der Waals surface area contributed by atoms with Gasteiger partial charge in [-0.15, -0.1) is 0 Å². The molecule has 2 amide bonds. The Morgan fingerprint density at radius 2 is 1.81 bits per heavy atom. The number of nitrogen functional groups attached to an aromatic ring is 1. The van der Waals surface area contributed by atoms with Gasteiger partial charge >= 0.3 is 0 Å². The summed E-state index contributed by atoms with van der Waals surface area (Å²) in [6.45, 7) is 1.66. The maximum Gasteiger partial charge on any atom is 0.241 e. The molecule has 1 heterocycles. The molecule has 6 N–H and O–H groups in total. The molecule has 0 aliphatic carbocycles. The van der Waals surface area contributed by atoms with Gasteiger partial charge in [-0.3, -0.25) is 15.0 Å². The van der Waals surface area contributed by atoms with Crippen molar-refractivity contribution < 1.29 is 18.0 Å². The van der Waals surface area contributed by atoms with E-state index in [1.54, 1.807) is 48.3 Å². The van der Waals surface area contributed by atoms with Gasteiger partial charge in [0.25, 0.3) is 0 Å². The molecule has 0 spiro atoms. The number of amidine groups is 1. The number of nitrogens with two attached hydrogens (primary N) is 1. The summed E-state index contributed by atoms with van der Waals surface area (Å²) in [7, 11) is -2.35. The average Bonchev–Trinajstić information content (AvgIpc) is 2.87. The van der Waals surface area contributed by atoms with E-state index in [2.05, 4.69) is 15.4 Å². The van der Waals surface area contributed by atoms with Gasteiger partial charge in [-0.2, -0.15) is 4.72 Å². The van der Waals surface area contributed by atoms with E-state index in [4.69, 9.17) is 11.1 Å². The highest BCUT2D eigenvalue weighted by Crippen LogP contribution is 2.19. The minimum Gasteiger partial charge on any atom is -0.384 e. The minimum atomic E-state index is -4.09. The molecule has 0 radical (unpaired) electrons. The maximum atomic E-state index is 13.4. The molecule has 0 unspecified atom stereocenters. The third-order valence-corrected chi connectivity index (χ3v) is 7.44. The average molecular weight is 515 g/mol. The van der Waals surface area contributed by atoms with Gasteiger partial charge in [-0.05, 0) is 62.6 Å². The number of nitrogens with zero attached hydrogens (tertiary/aromatic N) is 1. The van der Waals surface area contributed by atoms with Crippen LogP contribution in [-0.2, 0) is 26.0 Å². The third-order valence-electron chi connectivity index (χ3n) is 5.97. The Morgan fingerprint density at radius 1 is 1.08 bits per heavy atom. The van der Waals surface area contributed by atoms with E-state index >= 15 is 0 Å². The Balaban J connectivity index is 1.84. The number of hydrogen-bond acceptors (Lipinski definition) is 6.